The van der Waals surface area contributed by atoms with Crippen LogP contribution < -0.4 is 10.6 Å². The van der Waals surface area contributed by atoms with Gasteiger partial charge in [0.25, 0.3) is 5.91 Å². The van der Waals surface area contributed by atoms with Crippen LogP contribution in [0, 0.1) is 5.82 Å². The van der Waals surface area contributed by atoms with Crippen LogP contribution in [0.2, 0.25) is 5.02 Å². The Kier molecular flexibility index (Phi) is 5.48. The molecule has 1 heterocycles. The molecule has 23 heavy (non-hydrogen) atoms. The molecular weight excluding hydrogens is 323 g/mol. The van der Waals surface area contributed by atoms with Crippen molar-refractivity contribution in [1.82, 2.24) is 10.6 Å². The highest BCUT2D eigenvalue weighted by Gasteiger charge is 2.34. The summed E-state index contributed by atoms with van der Waals surface area (Å²) in [6, 6.07) is 4.22. The number of hydrogen-bond acceptors (Lipinski definition) is 4. The molecule has 126 valence electrons. The maximum absolute atomic E-state index is 13.7. The lowest BCUT2D eigenvalue weighted by molar-refractivity contribution is 0.0859. The summed E-state index contributed by atoms with van der Waals surface area (Å²) in [6.45, 7) is 2.41. The molecule has 1 aromatic rings. The molecule has 1 saturated carbocycles. The van der Waals surface area contributed by atoms with E-state index in [1.54, 1.807) is 0 Å². The second kappa shape index (κ2) is 7.57. The number of amides is 1. The maximum Gasteiger partial charge on any atom is 0.254 e. The largest absolute Gasteiger partial charge is 0.377 e. The van der Waals surface area contributed by atoms with Crippen LogP contribution >= 0.6 is 11.6 Å². The van der Waals surface area contributed by atoms with Crippen LogP contribution in [0.4, 0.5) is 4.39 Å². The van der Waals surface area contributed by atoms with Gasteiger partial charge in [-0.05, 0) is 31.0 Å². The molecule has 1 saturated heterocycles. The molecule has 1 amide bonds. The molecule has 0 radical (unpaired) electrons. The summed E-state index contributed by atoms with van der Waals surface area (Å²) in [7, 11) is 0. The smallest absolute Gasteiger partial charge is 0.254 e. The van der Waals surface area contributed by atoms with Crippen LogP contribution in [-0.4, -0.2) is 50.5 Å². The van der Waals surface area contributed by atoms with Crippen molar-refractivity contribution in [2.75, 3.05) is 26.4 Å². The van der Waals surface area contributed by atoms with Crippen molar-refractivity contribution in [2.45, 2.75) is 31.0 Å². The zero-order chi connectivity index (χ0) is 16.2. The molecule has 0 unspecified atom stereocenters. The molecule has 5 nitrogen and oxygen atoms in total. The molecule has 2 aliphatic rings. The number of nitrogens with one attached hydrogen (secondary N) is 2. The van der Waals surface area contributed by atoms with Gasteiger partial charge in [0.15, 0.2) is 0 Å². The van der Waals surface area contributed by atoms with Crippen LogP contribution in [0.15, 0.2) is 18.2 Å². The Morgan fingerprint density at radius 1 is 1.17 bits per heavy atom. The van der Waals surface area contributed by atoms with Crippen molar-refractivity contribution < 1.29 is 18.7 Å². The van der Waals surface area contributed by atoms with Crippen molar-refractivity contribution in [3.63, 3.8) is 0 Å². The SMILES string of the molecule is O=C(N[C@H]1CC[C@H]1NC1COCCOC1)c1cc(Cl)ccc1F. The van der Waals surface area contributed by atoms with E-state index >= 15 is 0 Å². The normalized spacial score (nSPS) is 25.5. The summed E-state index contributed by atoms with van der Waals surface area (Å²) in [6.07, 6.45) is 1.82. The van der Waals surface area contributed by atoms with Crippen molar-refractivity contribution in [3.8, 4) is 0 Å². The lowest BCUT2D eigenvalue weighted by Crippen LogP contribution is -2.60. The molecule has 2 N–H and O–H groups in total. The lowest BCUT2D eigenvalue weighted by Gasteiger charge is -2.39. The summed E-state index contributed by atoms with van der Waals surface area (Å²) in [5.41, 5.74) is -0.0238. The fourth-order valence-electron chi connectivity index (χ4n) is 2.81. The number of halogens is 2. The third-order valence-corrected chi connectivity index (χ3v) is 4.46. The summed E-state index contributed by atoms with van der Waals surface area (Å²) in [5, 5.41) is 6.66. The number of benzene rings is 1. The molecule has 1 aliphatic carbocycles. The molecule has 0 aromatic heterocycles. The van der Waals surface area contributed by atoms with Gasteiger partial charge >= 0.3 is 0 Å². The molecule has 0 spiro atoms. The fourth-order valence-corrected chi connectivity index (χ4v) is 2.98. The second-order valence-electron chi connectivity index (χ2n) is 5.90. The lowest BCUT2D eigenvalue weighted by atomic mass is 9.85. The van der Waals surface area contributed by atoms with Gasteiger partial charge in [-0.25, -0.2) is 4.39 Å². The average molecular weight is 343 g/mol. The van der Waals surface area contributed by atoms with E-state index in [0.29, 0.717) is 31.5 Å². The monoisotopic (exact) mass is 342 g/mol. The van der Waals surface area contributed by atoms with Crippen LogP contribution in [-0.2, 0) is 9.47 Å². The van der Waals surface area contributed by atoms with E-state index in [-0.39, 0.29) is 23.7 Å². The van der Waals surface area contributed by atoms with E-state index in [0.717, 1.165) is 12.8 Å². The van der Waals surface area contributed by atoms with Gasteiger partial charge in [0, 0.05) is 17.1 Å². The fraction of sp³-hybridized carbons (Fsp3) is 0.562. The Hall–Kier alpha value is -1.21. The number of carbonyl (C=O) groups excluding carboxylic acids is 1. The minimum atomic E-state index is -0.568. The summed E-state index contributed by atoms with van der Waals surface area (Å²) in [5.74, 6) is -1.00. The van der Waals surface area contributed by atoms with Crippen LogP contribution in [0.25, 0.3) is 0 Å². The van der Waals surface area contributed by atoms with E-state index in [2.05, 4.69) is 10.6 Å². The number of rotatable bonds is 4. The van der Waals surface area contributed by atoms with Crippen LogP contribution in [0.1, 0.15) is 23.2 Å². The van der Waals surface area contributed by atoms with Crippen molar-refractivity contribution in [1.29, 1.82) is 0 Å². The highest BCUT2D eigenvalue weighted by Crippen LogP contribution is 2.22. The molecule has 1 aromatic carbocycles. The zero-order valence-corrected chi connectivity index (χ0v) is 13.4. The second-order valence-corrected chi connectivity index (χ2v) is 6.34. The van der Waals surface area contributed by atoms with Crippen molar-refractivity contribution >= 4 is 17.5 Å². The number of carbonyl (C=O) groups is 1. The standard InChI is InChI=1S/C16H20ClFN2O3/c17-10-1-2-13(18)12(7-10)16(21)20-15-4-3-14(15)19-11-8-22-5-6-23-9-11/h1-2,7,11,14-15,19H,3-6,8-9H2,(H,20,21)/t14-,15+/m1/s1. The Balaban J connectivity index is 1.55. The highest BCUT2D eigenvalue weighted by atomic mass is 35.5. The Morgan fingerprint density at radius 2 is 1.87 bits per heavy atom. The molecule has 3 rings (SSSR count). The van der Waals surface area contributed by atoms with Gasteiger partial charge in [0.2, 0.25) is 0 Å². The number of hydrogen-bond donors (Lipinski definition) is 2. The topological polar surface area (TPSA) is 59.6 Å². The van der Waals surface area contributed by atoms with Gasteiger partial charge in [0.05, 0.1) is 38.0 Å². The minimum Gasteiger partial charge on any atom is -0.377 e. The molecule has 1 aliphatic heterocycles. The van der Waals surface area contributed by atoms with Crippen LogP contribution in [0.3, 0.4) is 0 Å². The maximum atomic E-state index is 13.7. The number of ether oxygens (including phenoxy) is 2. The molecule has 0 bridgehead atoms. The minimum absolute atomic E-state index is 0.0238. The van der Waals surface area contributed by atoms with E-state index in [1.165, 1.54) is 18.2 Å². The van der Waals surface area contributed by atoms with Gasteiger partial charge in [-0.15, -0.1) is 0 Å². The van der Waals surface area contributed by atoms with Crippen molar-refractivity contribution in [2.24, 2.45) is 0 Å². The summed E-state index contributed by atoms with van der Waals surface area (Å²) < 4.78 is 24.6. The first kappa shape index (κ1) is 16.6. The van der Waals surface area contributed by atoms with E-state index < -0.39 is 11.7 Å². The van der Waals surface area contributed by atoms with Crippen molar-refractivity contribution in [3.05, 3.63) is 34.6 Å². The Morgan fingerprint density at radius 3 is 2.52 bits per heavy atom. The first-order valence-electron chi connectivity index (χ1n) is 7.81. The van der Waals surface area contributed by atoms with E-state index in [1.807, 2.05) is 0 Å². The first-order chi connectivity index (χ1) is 11.1. The zero-order valence-electron chi connectivity index (χ0n) is 12.7. The van der Waals surface area contributed by atoms with Gasteiger partial charge in [-0.2, -0.15) is 0 Å². The average Bonchev–Trinajstić information content (AvgIpc) is 2.80. The Labute approximate surface area is 139 Å². The third kappa shape index (κ3) is 4.20. The molecule has 7 heteroatoms. The molecular formula is C16H20ClFN2O3. The first-order valence-corrected chi connectivity index (χ1v) is 8.19. The summed E-state index contributed by atoms with van der Waals surface area (Å²) >= 11 is 5.83. The third-order valence-electron chi connectivity index (χ3n) is 4.22. The Bertz CT molecular complexity index is 564. The van der Waals surface area contributed by atoms with E-state index in [4.69, 9.17) is 21.1 Å². The van der Waals surface area contributed by atoms with Gasteiger partial charge in [-0.3, -0.25) is 4.79 Å². The molecule has 2 atom stereocenters. The van der Waals surface area contributed by atoms with Gasteiger partial charge in [-0.1, -0.05) is 11.6 Å². The molecule has 2 fully saturated rings. The van der Waals surface area contributed by atoms with Gasteiger partial charge < -0.3 is 20.1 Å². The predicted octanol–water partition coefficient (Wildman–Crippen LogP) is 1.74. The van der Waals surface area contributed by atoms with Gasteiger partial charge in [0.1, 0.15) is 5.82 Å². The predicted molar refractivity (Wildman–Crippen MR) is 84.2 cm³/mol. The highest BCUT2D eigenvalue weighted by molar-refractivity contribution is 6.31. The van der Waals surface area contributed by atoms with Crippen LogP contribution in [0.5, 0.6) is 0 Å². The quantitative estimate of drug-likeness (QED) is 0.875. The van der Waals surface area contributed by atoms with E-state index in [9.17, 15) is 9.18 Å². The summed E-state index contributed by atoms with van der Waals surface area (Å²) in [4.78, 5) is 12.2.